The monoisotopic (exact) mass is 244 g/mol. The van der Waals surface area contributed by atoms with Gasteiger partial charge in [-0.1, -0.05) is 12.1 Å². The van der Waals surface area contributed by atoms with Gasteiger partial charge in [0.2, 0.25) is 0 Å². The lowest BCUT2D eigenvalue weighted by Crippen LogP contribution is -2.16. The van der Waals surface area contributed by atoms with E-state index >= 15 is 0 Å². The van der Waals surface area contributed by atoms with Gasteiger partial charge in [-0.2, -0.15) is 5.10 Å². The van der Waals surface area contributed by atoms with Gasteiger partial charge in [0.05, 0.1) is 5.69 Å². The molecule has 2 rings (SSSR count). The standard InChI is InChI=1S/C13H16N4O/c1-9-6-12(17(2)16-9)13(18)15-11-5-3-4-10(7-11)8-14/h3-7H,8,14H2,1-2H3,(H,15,18). The minimum Gasteiger partial charge on any atom is -0.326 e. The largest absolute Gasteiger partial charge is 0.326 e. The van der Waals surface area contributed by atoms with Crippen LogP contribution in [0.3, 0.4) is 0 Å². The summed E-state index contributed by atoms with van der Waals surface area (Å²) < 4.78 is 1.57. The maximum atomic E-state index is 12.0. The number of nitrogens with two attached hydrogens (primary N) is 1. The second-order valence-electron chi connectivity index (χ2n) is 4.15. The molecule has 0 saturated carbocycles. The van der Waals surface area contributed by atoms with E-state index in [4.69, 9.17) is 5.73 Å². The van der Waals surface area contributed by atoms with Crippen molar-refractivity contribution in [2.24, 2.45) is 12.8 Å². The molecule has 2 aromatic rings. The Morgan fingerprint density at radius 1 is 1.44 bits per heavy atom. The lowest BCUT2D eigenvalue weighted by atomic mass is 10.2. The van der Waals surface area contributed by atoms with Gasteiger partial charge in [-0.15, -0.1) is 0 Å². The molecule has 0 atom stereocenters. The molecule has 0 saturated heterocycles. The molecule has 0 bridgehead atoms. The van der Waals surface area contributed by atoms with E-state index in [2.05, 4.69) is 10.4 Å². The molecule has 18 heavy (non-hydrogen) atoms. The van der Waals surface area contributed by atoms with Crippen LogP contribution < -0.4 is 11.1 Å². The molecular formula is C13H16N4O. The molecule has 1 aromatic carbocycles. The van der Waals surface area contributed by atoms with Crippen LogP contribution in [0.15, 0.2) is 30.3 Å². The third kappa shape index (κ3) is 2.57. The van der Waals surface area contributed by atoms with Crippen LogP contribution in [0.25, 0.3) is 0 Å². The first-order chi connectivity index (χ1) is 8.60. The summed E-state index contributed by atoms with van der Waals surface area (Å²) in [5.74, 6) is -0.174. The average molecular weight is 244 g/mol. The van der Waals surface area contributed by atoms with Crippen molar-refractivity contribution in [2.75, 3.05) is 5.32 Å². The van der Waals surface area contributed by atoms with E-state index in [-0.39, 0.29) is 5.91 Å². The van der Waals surface area contributed by atoms with Gasteiger partial charge in [-0.3, -0.25) is 9.48 Å². The molecule has 1 aromatic heterocycles. The third-order valence-corrected chi connectivity index (χ3v) is 2.66. The number of amides is 1. The number of aromatic nitrogens is 2. The molecule has 0 aliphatic rings. The molecule has 0 unspecified atom stereocenters. The lowest BCUT2D eigenvalue weighted by Gasteiger charge is -2.06. The van der Waals surface area contributed by atoms with Crippen LogP contribution in [0.5, 0.6) is 0 Å². The fourth-order valence-electron chi connectivity index (χ4n) is 1.79. The van der Waals surface area contributed by atoms with Crippen LogP contribution in [0.1, 0.15) is 21.7 Å². The number of aryl methyl sites for hydroxylation is 2. The number of carbonyl (C=O) groups excluding carboxylic acids is 1. The summed E-state index contributed by atoms with van der Waals surface area (Å²) in [6, 6.07) is 9.24. The van der Waals surface area contributed by atoms with E-state index in [1.807, 2.05) is 31.2 Å². The van der Waals surface area contributed by atoms with Gasteiger partial charge < -0.3 is 11.1 Å². The zero-order chi connectivity index (χ0) is 13.1. The molecule has 0 spiro atoms. The minimum atomic E-state index is -0.174. The van der Waals surface area contributed by atoms with Crippen LogP contribution in [-0.4, -0.2) is 15.7 Å². The van der Waals surface area contributed by atoms with Crippen molar-refractivity contribution in [2.45, 2.75) is 13.5 Å². The van der Waals surface area contributed by atoms with E-state index in [9.17, 15) is 4.79 Å². The maximum absolute atomic E-state index is 12.0. The molecule has 0 aliphatic carbocycles. The Balaban J connectivity index is 2.18. The first kappa shape index (κ1) is 12.3. The number of anilines is 1. The van der Waals surface area contributed by atoms with Crippen molar-refractivity contribution in [1.29, 1.82) is 0 Å². The highest BCUT2D eigenvalue weighted by Gasteiger charge is 2.11. The highest BCUT2D eigenvalue weighted by atomic mass is 16.2. The van der Waals surface area contributed by atoms with Gasteiger partial charge in [0.15, 0.2) is 0 Å². The van der Waals surface area contributed by atoms with Crippen molar-refractivity contribution in [3.8, 4) is 0 Å². The van der Waals surface area contributed by atoms with Crippen molar-refractivity contribution in [3.05, 3.63) is 47.3 Å². The minimum absolute atomic E-state index is 0.174. The zero-order valence-corrected chi connectivity index (χ0v) is 10.5. The van der Waals surface area contributed by atoms with Crippen molar-refractivity contribution >= 4 is 11.6 Å². The summed E-state index contributed by atoms with van der Waals surface area (Å²) in [7, 11) is 1.75. The smallest absolute Gasteiger partial charge is 0.273 e. The van der Waals surface area contributed by atoms with Gasteiger partial charge >= 0.3 is 0 Å². The first-order valence-electron chi connectivity index (χ1n) is 5.71. The molecule has 3 N–H and O–H groups in total. The Labute approximate surface area is 106 Å². The summed E-state index contributed by atoms with van der Waals surface area (Å²) in [6.07, 6.45) is 0. The molecular weight excluding hydrogens is 228 g/mol. The van der Waals surface area contributed by atoms with E-state index in [1.165, 1.54) is 0 Å². The fourth-order valence-corrected chi connectivity index (χ4v) is 1.79. The second kappa shape index (κ2) is 5.01. The van der Waals surface area contributed by atoms with E-state index in [0.29, 0.717) is 12.2 Å². The van der Waals surface area contributed by atoms with E-state index in [1.54, 1.807) is 17.8 Å². The summed E-state index contributed by atoms with van der Waals surface area (Å²) in [5.41, 5.74) is 8.63. The molecule has 5 heteroatoms. The summed E-state index contributed by atoms with van der Waals surface area (Å²) in [4.78, 5) is 12.0. The zero-order valence-electron chi connectivity index (χ0n) is 10.5. The van der Waals surface area contributed by atoms with Gasteiger partial charge in [0.25, 0.3) is 5.91 Å². The van der Waals surface area contributed by atoms with Gasteiger partial charge in [0, 0.05) is 19.3 Å². The fraction of sp³-hybridized carbons (Fsp3) is 0.231. The topological polar surface area (TPSA) is 72.9 Å². The number of hydrogen-bond acceptors (Lipinski definition) is 3. The van der Waals surface area contributed by atoms with Crippen LogP contribution in [0.4, 0.5) is 5.69 Å². The van der Waals surface area contributed by atoms with E-state index in [0.717, 1.165) is 16.9 Å². The molecule has 5 nitrogen and oxygen atoms in total. The summed E-state index contributed by atoms with van der Waals surface area (Å²) in [5, 5.41) is 6.98. The SMILES string of the molecule is Cc1cc(C(=O)Nc2cccc(CN)c2)n(C)n1. The van der Waals surface area contributed by atoms with Crippen LogP contribution in [0.2, 0.25) is 0 Å². The van der Waals surface area contributed by atoms with Gasteiger partial charge in [-0.25, -0.2) is 0 Å². The molecule has 0 aliphatic heterocycles. The second-order valence-corrected chi connectivity index (χ2v) is 4.15. The predicted molar refractivity (Wildman–Crippen MR) is 70.2 cm³/mol. The first-order valence-corrected chi connectivity index (χ1v) is 5.71. The Hall–Kier alpha value is -2.14. The molecule has 0 fully saturated rings. The highest BCUT2D eigenvalue weighted by molar-refractivity contribution is 6.03. The number of hydrogen-bond donors (Lipinski definition) is 2. The van der Waals surface area contributed by atoms with Crippen LogP contribution >= 0.6 is 0 Å². The molecule has 0 radical (unpaired) electrons. The summed E-state index contributed by atoms with van der Waals surface area (Å²) in [6.45, 7) is 2.31. The summed E-state index contributed by atoms with van der Waals surface area (Å²) >= 11 is 0. The molecule has 1 heterocycles. The highest BCUT2D eigenvalue weighted by Crippen LogP contribution is 2.12. The number of carbonyl (C=O) groups is 1. The molecule has 1 amide bonds. The molecule has 94 valence electrons. The quantitative estimate of drug-likeness (QED) is 0.858. The van der Waals surface area contributed by atoms with Crippen molar-refractivity contribution in [3.63, 3.8) is 0 Å². The van der Waals surface area contributed by atoms with Crippen LogP contribution in [0, 0.1) is 6.92 Å². The Kier molecular flexibility index (Phi) is 3.43. The number of benzene rings is 1. The number of rotatable bonds is 3. The maximum Gasteiger partial charge on any atom is 0.273 e. The number of nitrogens with zero attached hydrogens (tertiary/aromatic N) is 2. The Morgan fingerprint density at radius 2 is 2.22 bits per heavy atom. The van der Waals surface area contributed by atoms with Crippen molar-refractivity contribution < 1.29 is 4.79 Å². The van der Waals surface area contributed by atoms with Gasteiger partial charge in [0.1, 0.15) is 5.69 Å². The third-order valence-electron chi connectivity index (χ3n) is 2.66. The Morgan fingerprint density at radius 3 is 2.83 bits per heavy atom. The average Bonchev–Trinajstić information content (AvgIpc) is 2.69. The predicted octanol–water partition coefficient (Wildman–Crippen LogP) is 1.44. The number of nitrogens with one attached hydrogen (secondary N) is 1. The normalized spacial score (nSPS) is 10.4. The Bertz CT molecular complexity index is 574. The van der Waals surface area contributed by atoms with Crippen molar-refractivity contribution in [1.82, 2.24) is 9.78 Å². The van der Waals surface area contributed by atoms with Crippen LogP contribution in [-0.2, 0) is 13.6 Å². The lowest BCUT2D eigenvalue weighted by molar-refractivity contribution is 0.101. The van der Waals surface area contributed by atoms with E-state index < -0.39 is 0 Å². The van der Waals surface area contributed by atoms with Gasteiger partial charge in [-0.05, 0) is 30.7 Å².